The molecule has 20 heavy (non-hydrogen) atoms. The van der Waals surface area contributed by atoms with Crippen LogP contribution in [0.15, 0.2) is 18.2 Å². The first-order chi connectivity index (χ1) is 9.43. The number of halogens is 1. The molecule has 0 heterocycles. The second-order valence-corrected chi connectivity index (χ2v) is 4.93. The van der Waals surface area contributed by atoms with E-state index in [1.807, 2.05) is 25.8 Å². The summed E-state index contributed by atoms with van der Waals surface area (Å²) in [5, 5.41) is 0. The summed E-state index contributed by atoms with van der Waals surface area (Å²) in [5.41, 5.74) is 0.347. The summed E-state index contributed by atoms with van der Waals surface area (Å²) in [6.07, 6.45) is 0.176. The molecular weight excluding hydrogens is 261 g/mol. The van der Waals surface area contributed by atoms with Gasteiger partial charge in [0.2, 0.25) is 0 Å². The highest BCUT2D eigenvalue weighted by Crippen LogP contribution is 2.18. The van der Waals surface area contributed by atoms with Gasteiger partial charge >= 0.3 is 0 Å². The number of methoxy groups -OCH3 is 1. The first-order valence-corrected chi connectivity index (χ1v) is 6.61. The van der Waals surface area contributed by atoms with Gasteiger partial charge in [-0.3, -0.25) is 9.69 Å². The molecule has 0 atom stereocenters. The summed E-state index contributed by atoms with van der Waals surface area (Å²) in [7, 11) is 3.23. The van der Waals surface area contributed by atoms with Gasteiger partial charge in [0.15, 0.2) is 17.3 Å². The molecule has 0 N–H and O–H groups in total. The number of carbonyl (C=O) groups excluding carboxylic acids is 1. The number of benzene rings is 1. The van der Waals surface area contributed by atoms with Gasteiger partial charge in [0.1, 0.15) is 0 Å². The van der Waals surface area contributed by atoms with Gasteiger partial charge in [-0.15, -0.1) is 0 Å². The van der Waals surface area contributed by atoms with Crippen molar-refractivity contribution in [3.8, 4) is 5.75 Å². The molecule has 0 saturated heterocycles. The molecule has 0 saturated carbocycles. The molecule has 0 radical (unpaired) electrons. The fourth-order valence-corrected chi connectivity index (χ4v) is 1.70. The molecule has 1 aromatic carbocycles. The first kappa shape index (κ1) is 16.6. The highest BCUT2D eigenvalue weighted by Gasteiger charge is 2.12. The summed E-state index contributed by atoms with van der Waals surface area (Å²) in [5.74, 6) is -0.511. The van der Waals surface area contributed by atoms with E-state index in [-0.39, 0.29) is 24.2 Å². The van der Waals surface area contributed by atoms with E-state index in [2.05, 4.69) is 0 Å². The van der Waals surface area contributed by atoms with Crippen LogP contribution in [0.25, 0.3) is 0 Å². The molecule has 5 heteroatoms. The first-order valence-electron chi connectivity index (χ1n) is 6.61. The van der Waals surface area contributed by atoms with Gasteiger partial charge in [-0.2, -0.15) is 0 Å². The van der Waals surface area contributed by atoms with Crippen LogP contribution in [-0.4, -0.2) is 50.6 Å². The molecule has 0 aliphatic rings. The molecule has 112 valence electrons. The molecule has 0 spiro atoms. The van der Waals surface area contributed by atoms with Crippen LogP contribution < -0.4 is 4.74 Å². The Morgan fingerprint density at radius 3 is 2.65 bits per heavy atom. The Labute approximate surface area is 119 Å². The van der Waals surface area contributed by atoms with Gasteiger partial charge in [-0.25, -0.2) is 4.39 Å². The molecule has 0 unspecified atom stereocenters. The SMILES string of the molecule is COc1ccc(C(=O)CN(C)CCOC(C)C)cc1F. The predicted molar refractivity (Wildman–Crippen MR) is 75.9 cm³/mol. The number of nitrogens with zero attached hydrogens (tertiary/aromatic N) is 1. The monoisotopic (exact) mass is 283 g/mol. The maximum absolute atomic E-state index is 13.5. The highest BCUT2D eigenvalue weighted by molar-refractivity contribution is 5.97. The van der Waals surface area contributed by atoms with Crippen molar-refractivity contribution < 1.29 is 18.7 Å². The van der Waals surface area contributed by atoms with Crippen LogP contribution in [0, 0.1) is 5.82 Å². The van der Waals surface area contributed by atoms with Gasteiger partial charge in [-0.1, -0.05) is 0 Å². The van der Waals surface area contributed by atoms with E-state index in [0.717, 1.165) is 0 Å². The summed E-state index contributed by atoms with van der Waals surface area (Å²) in [6, 6.07) is 4.24. The molecule has 0 amide bonds. The van der Waals surface area contributed by atoms with Crippen LogP contribution in [0.3, 0.4) is 0 Å². The lowest BCUT2D eigenvalue weighted by Crippen LogP contribution is -2.30. The zero-order valence-corrected chi connectivity index (χ0v) is 12.5. The van der Waals surface area contributed by atoms with Gasteiger partial charge < -0.3 is 9.47 Å². The second kappa shape index (κ2) is 7.97. The number of likely N-dealkylation sites (N-methyl/N-ethyl adjacent to an activating group) is 1. The molecule has 0 fully saturated rings. The Hall–Kier alpha value is -1.46. The number of hydrogen-bond donors (Lipinski definition) is 0. The Morgan fingerprint density at radius 1 is 1.40 bits per heavy atom. The van der Waals surface area contributed by atoms with E-state index in [4.69, 9.17) is 9.47 Å². The van der Waals surface area contributed by atoms with Crippen LogP contribution in [0.5, 0.6) is 5.75 Å². The lowest BCUT2D eigenvalue weighted by atomic mass is 10.1. The fraction of sp³-hybridized carbons (Fsp3) is 0.533. The third-order valence-electron chi connectivity index (χ3n) is 2.81. The van der Waals surface area contributed by atoms with Crippen molar-refractivity contribution >= 4 is 5.78 Å². The average molecular weight is 283 g/mol. The molecule has 0 aliphatic heterocycles. The third kappa shape index (κ3) is 5.27. The highest BCUT2D eigenvalue weighted by atomic mass is 19.1. The van der Waals surface area contributed by atoms with E-state index >= 15 is 0 Å². The predicted octanol–water partition coefficient (Wildman–Crippen LogP) is 2.37. The molecule has 0 aromatic heterocycles. The molecular formula is C15H22FNO3. The van der Waals surface area contributed by atoms with Crippen molar-refractivity contribution in [1.29, 1.82) is 0 Å². The van der Waals surface area contributed by atoms with Crippen LogP contribution in [0.1, 0.15) is 24.2 Å². The fourth-order valence-electron chi connectivity index (χ4n) is 1.70. The zero-order valence-electron chi connectivity index (χ0n) is 12.5. The molecule has 1 rings (SSSR count). The number of rotatable bonds is 8. The van der Waals surface area contributed by atoms with Crippen LogP contribution in [0.2, 0.25) is 0 Å². The van der Waals surface area contributed by atoms with Crippen molar-refractivity contribution in [2.24, 2.45) is 0 Å². The van der Waals surface area contributed by atoms with Crippen molar-refractivity contribution in [3.05, 3.63) is 29.6 Å². The Kier molecular flexibility index (Phi) is 6.61. The molecule has 0 aliphatic carbocycles. The minimum atomic E-state index is -0.524. The smallest absolute Gasteiger partial charge is 0.176 e. The van der Waals surface area contributed by atoms with E-state index in [0.29, 0.717) is 18.7 Å². The Bertz CT molecular complexity index is 449. The number of ketones is 1. The lowest BCUT2D eigenvalue weighted by molar-refractivity contribution is 0.0619. The summed E-state index contributed by atoms with van der Waals surface area (Å²) < 4.78 is 23.8. The maximum atomic E-state index is 13.5. The topological polar surface area (TPSA) is 38.8 Å². The maximum Gasteiger partial charge on any atom is 0.176 e. The average Bonchev–Trinajstić information content (AvgIpc) is 2.38. The van der Waals surface area contributed by atoms with Crippen LogP contribution in [0.4, 0.5) is 4.39 Å². The lowest BCUT2D eigenvalue weighted by Gasteiger charge is -2.17. The van der Waals surface area contributed by atoms with Gasteiger partial charge in [0, 0.05) is 12.1 Å². The number of carbonyl (C=O) groups is 1. The van der Waals surface area contributed by atoms with Crippen molar-refractivity contribution in [2.45, 2.75) is 20.0 Å². The van der Waals surface area contributed by atoms with Crippen molar-refractivity contribution in [2.75, 3.05) is 33.9 Å². The Balaban J connectivity index is 2.51. The van der Waals surface area contributed by atoms with E-state index in [1.165, 1.54) is 19.2 Å². The minimum absolute atomic E-state index is 0.126. The normalized spacial score (nSPS) is 11.2. The van der Waals surface area contributed by atoms with Gasteiger partial charge in [0.05, 0.1) is 26.4 Å². The molecule has 1 aromatic rings. The number of Topliss-reactive ketones (excluding diaryl/α,β-unsaturated/α-hetero) is 1. The zero-order chi connectivity index (χ0) is 15.1. The standard InChI is InChI=1S/C15H22FNO3/c1-11(2)20-8-7-17(3)10-14(18)12-5-6-15(19-4)13(16)9-12/h5-6,9,11H,7-8,10H2,1-4H3. The summed E-state index contributed by atoms with van der Waals surface area (Å²) in [6.45, 7) is 5.38. The van der Waals surface area contributed by atoms with Gasteiger partial charge in [-0.05, 0) is 39.1 Å². The third-order valence-corrected chi connectivity index (χ3v) is 2.81. The van der Waals surface area contributed by atoms with Crippen LogP contribution >= 0.6 is 0 Å². The van der Waals surface area contributed by atoms with E-state index < -0.39 is 5.82 Å². The second-order valence-electron chi connectivity index (χ2n) is 4.93. The minimum Gasteiger partial charge on any atom is -0.494 e. The van der Waals surface area contributed by atoms with Crippen molar-refractivity contribution in [1.82, 2.24) is 4.90 Å². The van der Waals surface area contributed by atoms with E-state index in [9.17, 15) is 9.18 Å². The number of ether oxygens (including phenoxy) is 2. The Morgan fingerprint density at radius 2 is 2.10 bits per heavy atom. The quantitative estimate of drug-likeness (QED) is 0.687. The van der Waals surface area contributed by atoms with Crippen molar-refractivity contribution in [3.63, 3.8) is 0 Å². The summed E-state index contributed by atoms with van der Waals surface area (Å²) in [4.78, 5) is 13.9. The van der Waals surface area contributed by atoms with E-state index in [1.54, 1.807) is 6.07 Å². The van der Waals surface area contributed by atoms with Gasteiger partial charge in [0.25, 0.3) is 0 Å². The van der Waals surface area contributed by atoms with Crippen LogP contribution in [-0.2, 0) is 4.74 Å². The summed E-state index contributed by atoms with van der Waals surface area (Å²) >= 11 is 0. The largest absolute Gasteiger partial charge is 0.494 e. The molecule has 4 nitrogen and oxygen atoms in total. The number of hydrogen-bond acceptors (Lipinski definition) is 4. The molecule has 0 bridgehead atoms.